The van der Waals surface area contributed by atoms with Crippen LogP contribution in [0.15, 0.2) is 18.2 Å². The molecular weight excluding hydrogens is 458 g/mol. The molecule has 3 N–H and O–H groups in total. The first-order valence-electron chi connectivity index (χ1n) is 11.6. The lowest BCUT2D eigenvalue weighted by molar-refractivity contribution is -0.383. The Labute approximate surface area is 203 Å². The summed E-state index contributed by atoms with van der Waals surface area (Å²) in [5.74, 6) is 1.67. The lowest BCUT2D eigenvalue weighted by Crippen LogP contribution is -2.42. The van der Waals surface area contributed by atoms with Crippen LogP contribution in [-0.2, 0) is 12.8 Å². The number of nitrogens with one attached hydrogen (secondary N) is 3. The van der Waals surface area contributed by atoms with Gasteiger partial charge in [0.25, 0.3) is 5.69 Å². The number of aromatic nitrogens is 2. The summed E-state index contributed by atoms with van der Waals surface area (Å²) in [6, 6.07) is 3.92. The van der Waals surface area contributed by atoms with E-state index in [1.54, 1.807) is 0 Å². The number of anilines is 3. The third-order valence-corrected chi connectivity index (χ3v) is 6.62. The molecule has 0 unspecified atom stereocenters. The predicted molar refractivity (Wildman–Crippen MR) is 133 cm³/mol. The number of rotatable bonds is 6. The zero-order valence-electron chi connectivity index (χ0n) is 19.4. The van der Waals surface area contributed by atoms with Gasteiger partial charge in [-0.2, -0.15) is 4.98 Å². The summed E-state index contributed by atoms with van der Waals surface area (Å²) in [5.41, 5.74) is 2.29. The fourth-order valence-electron chi connectivity index (χ4n) is 4.68. The molecule has 1 fully saturated rings. The van der Waals surface area contributed by atoms with Crippen LogP contribution in [0.4, 0.5) is 27.9 Å². The van der Waals surface area contributed by atoms with Gasteiger partial charge in [-0.05, 0) is 63.5 Å². The number of carbonyl (C=O) groups is 1. The van der Waals surface area contributed by atoms with E-state index in [9.17, 15) is 14.9 Å². The highest BCUT2D eigenvalue weighted by molar-refractivity contribution is 6.31. The Morgan fingerprint density at radius 1 is 1.12 bits per heavy atom. The molecule has 1 saturated carbocycles. The van der Waals surface area contributed by atoms with Gasteiger partial charge in [0.1, 0.15) is 11.5 Å². The number of hydrogen-bond donors (Lipinski definition) is 3. The number of nitro groups is 1. The Balaban J connectivity index is 1.32. The van der Waals surface area contributed by atoms with Crippen LogP contribution in [-0.4, -0.2) is 47.1 Å². The topological polar surface area (TPSA) is 125 Å². The van der Waals surface area contributed by atoms with Crippen molar-refractivity contribution in [3.8, 4) is 0 Å². The van der Waals surface area contributed by atoms with Gasteiger partial charge in [0.15, 0.2) is 0 Å². The number of benzene rings is 1. The molecule has 0 saturated heterocycles. The number of nitrogens with zero attached hydrogens (tertiary/aromatic N) is 4. The van der Waals surface area contributed by atoms with Crippen LogP contribution in [0.25, 0.3) is 0 Å². The van der Waals surface area contributed by atoms with E-state index in [0.717, 1.165) is 56.5 Å². The smallest absolute Gasteiger partial charge is 0.319 e. The van der Waals surface area contributed by atoms with Crippen LogP contribution < -0.4 is 20.9 Å². The van der Waals surface area contributed by atoms with Crippen molar-refractivity contribution in [3.05, 3.63) is 44.6 Å². The first kappa shape index (κ1) is 24.0. The van der Waals surface area contributed by atoms with Crippen molar-refractivity contribution >= 4 is 40.8 Å². The number of aryl methyl sites for hydroxylation is 1. The van der Waals surface area contributed by atoms with Gasteiger partial charge < -0.3 is 20.9 Å². The van der Waals surface area contributed by atoms with Gasteiger partial charge in [-0.15, -0.1) is 0 Å². The fourth-order valence-corrected chi connectivity index (χ4v) is 4.85. The van der Waals surface area contributed by atoms with Crippen molar-refractivity contribution in [3.63, 3.8) is 0 Å². The monoisotopic (exact) mass is 487 g/mol. The minimum absolute atomic E-state index is 0.00815. The van der Waals surface area contributed by atoms with Crippen LogP contribution in [0.1, 0.15) is 49.8 Å². The minimum atomic E-state index is -0.567. The SMILES string of the molecule is CN(C)c1nc(NC2CCC(NC(=O)Nc3ccc(Cl)cc3[N+](=O)[O-])CC2)nc2c1CCCC2. The third kappa shape index (κ3) is 5.67. The van der Waals surface area contributed by atoms with E-state index in [1.165, 1.54) is 30.2 Å². The second kappa shape index (κ2) is 10.4. The predicted octanol–water partition coefficient (Wildman–Crippen LogP) is 4.53. The van der Waals surface area contributed by atoms with Crippen molar-refractivity contribution in [1.82, 2.24) is 15.3 Å². The largest absolute Gasteiger partial charge is 0.362 e. The molecule has 0 bridgehead atoms. The lowest BCUT2D eigenvalue weighted by atomic mass is 9.91. The van der Waals surface area contributed by atoms with Crippen molar-refractivity contribution in [1.29, 1.82) is 0 Å². The number of halogens is 1. The first-order chi connectivity index (χ1) is 16.3. The molecule has 34 heavy (non-hydrogen) atoms. The van der Waals surface area contributed by atoms with Gasteiger partial charge in [0.2, 0.25) is 5.95 Å². The van der Waals surface area contributed by atoms with Crippen LogP contribution in [0.2, 0.25) is 5.02 Å². The van der Waals surface area contributed by atoms with Crippen LogP contribution >= 0.6 is 11.6 Å². The molecule has 1 aromatic carbocycles. The zero-order valence-corrected chi connectivity index (χ0v) is 20.2. The molecule has 2 aliphatic rings. The van der Waals surface area contributed by atoms with Crippen LogP contribution in [0, 0.1) is 10.1 Å². The minimum Gasteiger partial charge on any atom is -0.362 e. The number of carbonyl (C=O) groups excluding carboxylic acids is 1. The number of fused-ring (bicyclic) bond motifs is 1. The number of amides is 2. The van der Waals surface area contributed by atoms with Crippen molar-refractivity contribution < 1.29 is 9.72 Å². The molecular formula is C23H30ClN7O3. The molecule has 1 heterocycles. The summed E-state index contributed by atoms with van der Waals surface area (Å²) >= 11 is 5.83. The normalized spacial score (nSPS) is 19.6. The molecule has 2 aliphatic carbocycles. The van der Waals surface area contributed by atoms with E-state index in [0.29, 0.717) is 5.95 Å². The Morgan fingerprint density at radius 2 is 1.82 bits per heavy atom. The maximum Gasteiger partial charge on any atom is 0.319 e. The first-order valence-corrected chi connectivity index (χ1v) is 12.0. The number of nitro benzene ring substituents is 1. The van der Waals surface area contributed by atoms with E-state index in [4.69, 9.17) is 21.6 Å². The molecule has 11 heteroatoms. The van der Waals surface area contributed by atoms with E-state index in [1.807, 2.05) is 14.1 Å². The van der Waals surface area contributed by atoms with Crippen molar-refractivity contribution in [2.24, 2.45) is 0 Å². The number of hydrogen-bond acceptors (Lipinski definition) is 7. The molecule has 182 valence electrons. The molecule has 2 aromatic rings. The summed E-state index contributed by atoms with van der Waals surface area (Å²) in [4.78, 5) is 34.7. The van der Waals surface area contributed by atoms with Gasteiger partial charge in [-0.3, -0.25) is 10.1 Å². The molecule has 4 rings (SSSR count). The summed E-state index contributed by atoms with van der Waals surface area (Å²) in [6.45, 7) is 0. The molecule has 0 spiro atoms. The summed E-state index contributed by atoms with van der Waals surface area (Å²) < 4.78 is 0. The van der Waals surface area contributed by atoms with Gasteiger partial charge >= 0.3 is 6.03 Å². The average Bonchev–Trinajstić information content (AvgIpc) is 2.80. The summed E-state index contributed by atoms with van der Waals surface area (Å²) in [6.07, 6.45) is 7.67. The molecule has 1 aromatic heterocycles. The van der Waals surface area contributed by atoms with Crippen LogP contribution in [0.3, 0.4) is 0 Å². The Bertz CT molecular complexity index is 1070. The summed E-state index contributed by atoms with van der Waals surface area (Å²) in [5, 5.41) is 20.5. The van der Waals surface area contributed by atoms with E-state index in [2.05, 4.69) is 20.9 Å². The fraction of sp³-hybridized carbons (Fsp3) is 0.522. The van der Waals surface area contributed by atoms with Gasteiger partial charge in [-0.25, -0.2) is 9.78 Å². The van der Waals surface area contributed by atoms with Gasteiger partial charge in [0.05, 0.1) is 10.6 Å². The second-order valence-corrected chi connectivity index (χ2v) is 9.54. The number of urea groups is 1. The third-order valence-electron chi connectivity index (χ3n) is 6.39. The lowest BCUT2D eigenvalue weighted by Gasteiger charge is -2.30. The Hall–Kier alpha value is -3.14. The Morgan fingerprint density at radius 3 is 2.53 bits per heavy atom. The van der Waals surface area contributed by atoms with Crippen molar-refractivity contribution in [2.75, 3.05) is 29.6 Å². The van der Waals surface area contributed by atoms with E-state index < -0.39 is 11.0 Å². The standard InChI is InChI=1S/C23H30ClN7O3/c1-30(2)21-17-5-3-4-6-18(17)27-22(29-21)25-15-8-10-16(11-9-15)26-23(32)28-19-12-7-14(24)13-20(19)31(33)34/h7,12-13,15-16H,3-6,8-11H2,1-2H3,(H,25,27,29)(H2,26,28,32). The molecule has 0 radical (unpaired) electrons. The molecule has 0 atom stereocenters. The average molecular weight is 488 g/mol. The van der Waals surface area contributed by atoms with Crippen molar-refractivity contribution in [2.45, 2.75) is 63.5 Å². The molecule has 2 amide bonds. The van der Waals surface area contributed by atoms with Gasteiger partial charge in [0, 0.05) is 42.8 Å². The molecule has 10 nitrogen and oxygen atoms in total. The zero-order chi connectivity index (χ0) is 24.2. The maximum absolute atomic E-state index is 12.4. The highest BCUT2D eigenvalue weighted by Crippen LogP contribution is 2.30. The maximum atomic E-state index is 12.4. The quantitative estimate of drug-likeness (QED) is 0.403. The highest BCUT2D eigenvalue weighted by atomic mass is 35.5. The highest BCUT2D eigenvalue weighted by Gasteiger charge is 2.25. The van der Waals surface area contributed by atoms with Crippen LogP contribution in [0.5, 0.6) is 0 Å². The second-order valence-electron chi connectivity index (χ2n) is 9.11. The van der Waals surface area contributed by atoms with E-state index in [-0.39, 0.29) is 28.5 Å². The molecule has 0 aliphatic heterocycles. The van der Waals surface area contributed by atoms with Gasteiger partial charge in [-0.1, -0.05) is 11.6 Å². The Kier molecular flexibility index (Phi) is 7.35. The summed E-state index contributed by atoms with van der Waals surface area (Å²) in [7, 11) is 4.03. The van der Waals surface area contributed by atoms with E-state index >= 15 is 0 Å².